The highest BCUT2D eigenvalue weighted by molar-refractivity contribution is 9.10. The maximum atomic E-state index is 7.49. The van der Waals surface area contributed by atoms with Crippen molar-refractivity contribution in [2.45, 2.75) is 18.6 Å². The summed E-state index contributed by atoms with van der Waals surface area (Å²) >= 11 is 5.51. The Hall–Kier alpha value is -0.680. The van der Waals surface area contributed by atoms with E-state index in [0.717, 1.165) is 28.9 Å². The Morgan fingerprint density at radius 3 is 2.78 bits per heavy atom. The highest BCUT2D eigenvalue weighted by Crippen LogP contribution is 2.33. The summed E-state index contributed by atoms with van der Waals surface area (Å²) in [5.41, 5.74) is 7.47. The van der Waals surface area contributed by atoms with Gasteiger partial charge in [0.05, 0.1) is 0 Å². The van der Waals surface area contributed by atoms with Gasteiger partial charge in [0.1, 0.15) is 5.84 Å². The van der Waals surface area contributed by atoms with Crippen molar-refractivity contribution in [2.75, 3.05) is 23.7 Å². The summed E-state index contributed by atoms with van der Waals surface area (Å²) in [6.07, 6.45) is 0. The predicted molar refractivity (Wildman–Crippen MR) is 83.9 cm³/mol. The summed E-state index contributed by atoms with van der Waals surface area (Å²) < 4.78 is 1.19. The van der Waals surface area contributed by atoms with Crippen LogP contribution in [-0.2, 0) is 0 Å². The molecule has 0 spiro atoms. The van der Waals surface area contributed by atoms with Gasteiger partial charge in [-0.15, -0.1) is 0 Å². The zero-order valence-electron chi connectivity index (χ0n) is 10.7. The molecule has 18 heavy (non-hydrogen) atoms. The number of anilines is 1. The third kappa shape index (κ3) is 3.01. The van der Waals surface area contributed by atoms with Gasteiger partial charge in [0, 0.05) is 39.3 Å². The lowest BCUT2D eigenvalue weighted by Crippen LogP contribution is -2.43. The molecule has 1 heterocycles. The van der Waals surface area contributed by atoms with E-state index in [4.69, 9.17) is 11.1 Å². The zero-order chi connectivity index (χ0) is 13.3. The van der Waals surface area contributed by atoms with Gasteiger partial charge in [-0.3, -0.25) is 5.41 Å². The largest absolute Gasteiger partial charge is 0.384 e. The molecule has 0 aromatic heterocycles. The molecule has 98 valence electrons. The first-order valence-corrected chi connectivity index (χ1v) is 7.70. The van der Waals surface area contributed by atoms with Crippen molar-refractivity contribution in [1.82, 2.24) is 0 Å². The topological polar surface area (TPSA) is 53.1 Å². The third-order valence-corrected chi connectivity index (χ3v) is 4.99. The molecule has 0 radical (unpaired) electrons. The van der Waals surface area contributed by atoms with Crippen molar-refractivity contribution in [2.24, 2.45) is 5.73 Å². The van der Waals surface area contributed by atoms with Crippen LogP contribution >= 0.6 is 27.7 Å². The van der Waals surface area contributed by atoms with E-state index in [1.165, 1.54) is 5.69 Å². The number of nitrogen functional groups attached to an aromatic ring is 1. The molecule has 1 aromatic carbocycles. The molecule has 0 atom stereocenters. The lowest BCUT2D eigenvalue weighted by molar-refractivity contribution is 0.647. The normalized spacial score (nSPS) is 18.7. The number of hydrogen-bond acceptors (Lipinski definition) is 3. The Balaban J connectivity index is 2.24. The molecule has 1 saturated heterocycles. The van der Waals surface area contributed by atoms with E-state index < -0.39 is 0 Å². The number of nitrogens with two attached hydrogens (primary N) is 1. The molecule has 3 nitrogen and oxygen atoms in total. The van der Waals surface area contributed by atoms with Gasteiger partial charge in [-0.25, -0.2) is 0 Å². The van der Waals surface area contributed by atoms with Gasteiger partial charge >= 0.3 is 0 Å². The van der Waals surface area contributed by atoms with Crippen LogP contribution in [0, 0.1) is 5.41 Å². The molecule has 0 saturated carbocycles. The molecular weight excluding hydrogens is 310 g/mol. The third-order valence-electron chi connectivity index (χ3n) is 3.03. The second kappa shape index (κ2) is 5.13. The van der Waals surface area contributed by atoms with Gasteiger partial charge < -0.3 is 10.6 Å². The summed E-state index contributed by atoms with van der Waals surface area (Å²) in [5, 5.41) is 7.49. The van der Waals surface area contributed by atoms with Crippen LogP contribution in [0.2, 0.25) is 0 Å². The summed E-state index contributed by atoms with van der Waals surface area (Å²) in [5.74, 6) is 1.25. The molecule has 0 amide bonds. The number of amidine groups is 1. The fourth-order valence-corrected chi connectivity index (χ4v) is 3.85. The van der Waals surface area contributed by atoms with Crippen molar-refractivity contribution < 1.29 is 0 Å². The van der Waals surface area contributed by atoms with Crippen LogP contribution < -0.4 is 10.6 Å². The van der Waals surface area contributed by atoms with Crippen LogP contribution in [0.3, 0.4) is 0 Å². The molecule has 1 aromatic rings. The number of nitrogens with one attached hydrogen (secondary N) is 1. The standard InChI is InChI=1S/C13H18BrN3S/c1-13(2)8-17(5-6-18-13)9-3-4-10(12(15)16)11(14)7-9/h3-4,7H,5-6,8H2,1-2H3,(H3,15,16). The Bertz CT molecular complexity index is 473. The van der Waals surface area contributed by atoms with E-state index in [0.29, 0.717) is 4.75 Å². The molecular formula is C13H18BrN3S. The number of hydrogen-bond donors (Lipinski definition) is 2. The number of nitrogens with zero attached hydrogens (tertiary/aromatic N) is 1. The zero-order valence-corrected chi connectivity index (χ0v) is 13.1. The van der Waals surface area contributed by atoms with Crippen LogP contribution in [0.25, 0.3) is 0 Å². The maximum Gasteiger partial charge on any atom is 0.123 e. The second-order valence-electron chi connectivity index (χ2n) is 5.11. The number of rotatable bonds is 2. The van der Waals surface area contributed by atoms with Crippen molar-refractivity contribution in [3.63, 3.8) is 0 Å². The number of benzene rings is 1. The van der Waals surface area contributed by atoms with E-state index in [1.54, 1.807) is 0 Å². The molecule has 0 aliphatic carbocycles. The van der Waals surface area contributed by atoms with Crippen LogP contribution in [0.4, 0.5) is 5.69 Å². The minimum absolute atomic E-state index is 0.1000. The van der Waals surface area contributed by atoms with Gasteiger partial charge in [0.15, 0.2) is 0 Å². The average molecular weight is 328 g/mol. The SMILES string of the molecule is CC1(C)CN(c2ccc(C(=N)N)c(Br)c2)CCS1. The maximum absolute atomic E-state index is 7.49. The molecule has 1 aliphatic rings. The Morgan fingerprint density at radius 1 is 1.50 bits per heavy atom. The van der Waals surface area contributed by atoms with Crippen molar-refractivity contribution in [3.8, 4) is 0 Å². The molecule has 0 bridgehead atoms. The quantitative estimate of drug-likeness (QED) is 0.648. The minimum Gasteiger partial charge on any atom is -0.384 e. The van der Waals surface area contributed by atoms with Gasteiger partial charge in [-0.2, -0.15) is 11.8 Å². The lowest BCUT2D eigenvalue weighted by atomic mass is 10.1. The average Bonchev–Trinajstić information content (AvgIpc) is 2.27. The van der Waals surface area contributed by atoms with Gasteiger partial charge in [-0.05, 0) is 48.0 Å². The molecule has 1 aliphatic heterocycles. The minimum atomic E-state index is 0.1000. The van der Waals surface area contributed by atoms with Crippen LogP contribution in [0.1, 0.15) is 19.4 Å². The fourth-order valence-electron chi connectivity index (χ4n) is 2.16. The van der Waals surface area contributed by atoms with E-state index in [2.05, 4.69) is 40.7 Å². The number of halogens is 1. The molecule has 5 heteroatoms. The summed E-state index contributed by atoms with van der Waals surface area (Å²) in [6.45, 7) is 6.68. The highest BCUT2D eigenvalue weighted by Gasteiger charge is 2.27. The van der Waals surface area contributed by atoms with Crippen molar-refractivity contribution in [3.05, 3.63) is 28.2 Å². The first kappa shape index (κ1) is 13.7. The van der Waals surface area contributed by atoms with Crippen LogP contribution in [-0.4, -0.2) is 29.4 Å². The molecule has 3 N–H and O–H groups in total. The van der Waals surface area contributed by atoms with E-state index in [1.807, 2.05) is 23.9 Å². The first-order chi connectivity index (χ1) is 8.39. The highest BCUT2D eigenvalue weighted by atomic mass is 79.9. The monoisotopic (exact) mass is 327 g/mol. The van der Waals surface area contributed by atoms with Crippen molar-refractivity contribution in [1.29, 1.82) is 5.41 Å². The summed E-state index contributed by atoms with van der Waals surface area (Å²) in [6, 6.07) is 6.02. The molecule has 1 fully saturated rings. The second-order valence-corrected chi connectivity index (χ2v) is 7.76. The molecule has 2 rings (SSSR count). The van der Waals surface area contributed by atoms with E-state index in [9.17, 15) is 0 Å². The van der Waals surface area contributed by atoms with E-state index >= 15 is 0 Å². The number of thioether (sulfide) groups is 1. The Labute approximate surface area is 121 Å². The Kier molecular flexibility index (Phi) is 3.92. The van der Waals surface area contributed by atoms with Crippen molar-refractivity contribution >= 4 is 39.2 Å². The smallest absolute Gasteiger partial charge is 0.123 e. The lowest BCUT2D eigenvalue weighted by Gasteiger charge is -2.39. The summed E-state index contributed by atoms with van der Waals surface area (Å²) in [7, 11) is 0. The summed E-state index contributed by atoms with van der Waals surface area (Å²) in [4.78, 5) is 2.39. The molecule has 0 unspecified atom stereocenters. The van der Waals surface area contributed by atoms with Gasteiger partial charge in [0.25, 0.3) is 0 Å². The van der Waals surface area contributed by atoms with E-state index in [-0.39, 0.29) is 5.84 Å². The first-order valence-electron chi connectivity index (χ1n) is 5.92. The predicted octanol–water partition coefficient (Wildman–Crippen LogP) is 3.06. The Morgan fingerprint density at radius 2 is 2.22 bits per heavy atom. The van der Waals surface area contributed by atoms with Gasteiger partial charge in [-0.1, -0.05) is 0 Å². The van der Waals surface area contributed by atoms with Crippen LogP contribution in [0.5, 0.6) is 0 Å². The van der Waals surface area contributed by atoms with Gasteiger partial charge in [0.2, 0.25) is 0 Å². The van der Waals surface area contributed by atoms with Crippen LogP contribution in [0.15, 0.2) is 22.7 Å². The fraction of sp³-hybridized carbons (Fsp3) is 0.462.